The van der Waals surface area contributed by atoms with E-state index in [9.17, 15) is 26.4 Å². The molecule has 0 amide bonds. The van der Waals surface area contributed by atoms with Crippen LogP contribution < -0.4 is 10.5 Å². The number of nitrogen functional groups attached to an aromatic ring is 1. The molecule has 160 valence electrons. The lowest BCUT2D eigenvalue weighted by molar-refractivity contribution is -0.192. The Hall–Kier alpha value is -3.29. The molecule has 1 heterocycles. The number of rotatable bonds is 5. The molecule has 14 heteroatoms. The molecule has 0 bridgehead atoms. The quantitative estimate of drug-likeness (QED) is 0.468. The number of benzene rings is 1. The van der Waals surface area contributed by atoms with E-state index in [0.717, 1.165) is 6.26 Å². The highest BCUT2D eigenvalue weighted by atomic mass is 32.2. The van der Waals surface area contributed by atoms with E-state index in [-0.39, 0.29) is 34.1 Å². The molecule has 0 unspecified atom stereocenters. The van der Waals surface area contributed by atoms with Gasteiger partial charge in [-0.2, -0.15) is 13.2 Å². The predicted molar refractivity (Wildman–Crippen MR) is 92.6 cm³/mol. The number of carboxylic acid groups (broad SMARTS) is 1. The Morgan fingerprint density at radius 2 is 1.93 bits per heavy atom. The summed E-state index contributed by atoms with van der Waals surface area (Å²) < 4.78 is 68.0. The zero-order valence-corrected chi connectivity index (χ0v) is 15.8. The number of aryl methyl sites for hydroxylation is 1. The standard InChI is InChI=1S/C13H15N3O5S.C2HF3O2/c1-3-20-13(17)9-5-4-6-10(12(9)14)16-22(18,19)11-7-21-15-8(11)2;3-2(4,5)1(6)7/h4-7,16H,3,14H2,1-2H3;(H,6,7). The molecule has 0 aliphatic heterocycles. The summed E-state index contributed by atoms with van der Waals surface area (Å²) >= 11 is 0. The van der Waals surface area contributed by atoms with Gasteiger partial charge in [0, 0.05) is 0 Å². The van der Waals surface area contributed by atoms with E-state index in [1.54, 1.807) is 6.92 Å². The maximum Gasteiger partial charge on any atom is 0.490 e. The first-order valence-corrected chi connectivity index (χ1v) is 9.09. The van der Waals surface area contributed by atoms with Crippen molar-refractivity contribution in [3.63, 3.8) is 0 Å². The molecular weight excluding hydrogens is 423 g/mol. The van der Waals surface area contributed by atoms with E-state index >= 15 is 0 Å². The number of hydrogen-bond donors (Lipinski definition) is 3. The van der Waals surface area contributed by atoms with Crippen LogP contribution >= 0.6 is 0 Å². The molecule has 0 fully saturated rings. The van der Waals surface area contributed by atoms with Gasteiger partial charge in [0.2, 0.25) is 0 Å². The molecular formula is C15H16F3N3O7S. The number of alkyl halides is 3. The van der Waals surface area contributed by atoms with Gasteiger partial charge in [-0.1, -0.05) is 11.2 Å². The second kappa shape index (κ2) is 9.27. The molecule has 0 aliphatic rings. The highest BCUT2D eigenvalue weighted by molar-refractivity contribution is 7.92. The molecule has 0 saturated carbocycles. The fourth-order valence-electron chi connectivity index (χ4n) is 1.78. The van der Waals surface area contributed by atoms with E-state index in [1.165, 1.54) is 25.1 Å². The van der Waals surface area contributed by atoms with Crippen molar-refractivity contribution in [2.45, 2.75) is 24.9 Å². The average Bonchev–Trinajstić information content (AvgIpc) is 3.03. The van der Waals surface area contributed by atoms with Gasteiger partial charge in [0.05, 0.1) is 23.5 Å². The summed E-state index contributed by atoms with van der Waals surface area (Å²) in [5.74, 6) is -3.38. The molecule has 0 aliphatic carbocycles. The number of anilines is 2. The van der Waals surface area contributed by atoms with E-state index in [1.807, 2.05) is 0 Å². The summed E-state index contributed by atoms with van der Waals surface area (Å²) in [5.41, 5.74) is 6.21. The summed E-state index contributed by atoms with van der Waals surface area (Å²) in [6.45, 7) is 3.35. The summed E-state index contributed by atoms with van der Waals surface area (Å²) in [6.07, 6.45) is -4.07. The van der Waals surface area contributed by atoms with Crippen molar-refractivity contribution in [1.29, 1.82) is 0 Å². The molecule has 10 nitrogen and oxygen atoms in total. The van der Waals surface area contributed by atoms with E-state index in [0.29, 0.717) is 0 Å². The van der Waals surface area contributed by atoms with E-state index in [4.69, 9.17) is 20.4 Å². The van der Waals surface area contributed by atoms with Crippen LogP contribution in [0, 0.1) is 6.92 Å². The summed E-state index contributed by atoms with van der Waals surface area (Å²) in [7, 11) is -3.92. The smallest absolute Gasteiger partial charge is 0.475 e. The number of para-hydroxylation sites is 1. The van der Waals surface area contributed by atoms with Crippen LogP contribution in [0.1, 0.15) is 23.0 Å². The van der Waals surface area contributed by atoms with Crippen molar-refractivity contribution in [3.05, 3.63) is 35.7 Å². The van der Waals surface area contributed by atoms with Gasteiger partial charge >= 0.3 is 18.1 Å². The number of ether oxygens (including phenoxy) is 1. The largest absolute Gasteiger partial charge is 0.490 e. The van der Waals surface area contributed by atoms with Crippen LogP contribution in [0.4, 0.5) is 24.5 Å². The minimum atomic E-state index is -5.08. The van der Waals surface area contributed by atoms with Gasteiger partial charge < -0.3 is 20.1 Å². The minimum Gasteiger partial charge on any atom is -0.475 e. The topological polar surface area (TPSA) is 162 Å². The lowest BCUT2D eigenvalue weighted by Crippen LogP contribution is -2.21. The van der Waals surface area contributed by atoms with Crippen molar-refractivity contribution in [2.75, 3.05) is 17.1 Å². The Bertz CT molecular complexity index is 987. The lowest BCUT2D eigenvalue weighted by atomic mass is 10.1. The maximum absolute atomic E-state index is 12.3. The lowest BCUT2D eigenvalue weighted by Gasteiger charge is -2.12. The molecule has 4 N–H and O–H groups in total. The molecule has 0 spiro atoms. The highest BCUT2D eigenvalue weighted by Crippen LogP contribution is 2.26. The Balaban J connectivity index is 0.000000516. The first-order valence-electron chi connectivity index (χ1n) is 7.60. The maximum atomic E-state index is 12.3. The fraction of sp³-hybridized carbons (Fsp3) is 0.267. The van der Waals surface area contributed by atoms with Crippen LogP contribution in [0.15, 0.2) is 33.9 Å². The Kier molecular flexibility index (Phi) is 7.59. The van der Waals surface area contributed by atoms with E-state index < -0.39 is 28.1 Å². The van der Waals surface area contributed by atoms with Crippen LogP contribution in [0.5, 0.6) is 0 Å². The van der Waals surface area contributed by atoms with Gasteiger partial charge in [0.25, 0.3) is 10.0 Å². The predicted octanol–water partition coefficient (Wildman–Crippen LogP) is 2.18. The molecule has 0 atom stereocenters. The number of carbonyl (C=O) groups is 2. The van der Waals surface area contributed by atoms with Gasteiger partial charge in [0.15, 0.2) is 0 Å². The first-order chi connectivity index (χ1) is 13.3. The average molecular weight is 439 g/mol. The van der Waals surface area contributed by atoms with Gasteiger partial charge in [0.1, 0.15) is 16.9 Å². The number of aliphatic carboxylic acids is 1. The van der Waals surface area contributed by atoms with Crippen LogP contribution in [0.2, 0.25) is 0 Å². The van der Waals surface area contributed by atoms with Gasteiger partial charge in [-0.25, -0.2) is 18.0 Å². The molecule has 0 saturated heterocycles. The second-order valence-electron chi connectivity index (χ2n) is 5.16. The Morgan fingerprint density at radius 3 is 2.38 bits per heavy atom. The SMILES string of the molecule is CCOC(=O)c1cccc(NS(=O)(=O)c2conc2C)c1N.O=C(O)C(F)(F)F. The van der Waals surface area contributed by atoms with Crippen molar-refractivity contribution >= 4 is 33.3 Å². The minimum absolute atomic E-state index is 0.0152. The number of carbonyl (C=O) groups excluding carboxylic acids is 1. The summed E-state index contributed by atoms with van der Waals surface area (Å²) in [6, 6.07) is 4.40. The zero-order valence-electron chi connectivity index (χ0n) is 15.0. The van der Waals surface area contributed by atoms with Crippen LogP contribution in [0.25, 0.3) is 0 Å². The third-order valence-electron chi connectivity index (χ3n) is 3.08. The third kappa shape index (κ3) is 6.38. The zero-order chi connectivity index (χ0) is 22.4. The normalized spacial score (nSPS) is 11.2. The molecule has 1 aromatic carbocycles. The van der Waals surface area contributed by atoms with Crippen molar-refractivity contribution < 1.29 is 45.5 Å². The number of sulfonamides is 1. The van der Waals surface area contributed by atoms with Crippen molar-refractivity contribution in [1.82, 2.24) is 5.16 Å². The summed E-state index contributed by atoms with van der Waals surface area (Å²) in [5, 5.41) is 10.6. The number of nitrogens with one attached hydrogen (secondary N) is 1. The van der Waals surface area contributed by atoms with Crippen molar-refractivity contribution in [2.24, 2.45) is 0 Å². The Morgan fingerprint density at radius 1 is 1.34 bits per heavy atom. The van der Waals surface area contributed by atoms with Crippen molar-refractivity contribution in [3.8, 4) is 0 Å². The van der Waals surface area contributed by atoms with Crippen LogP contribution in [0.3, 0.4) is 0 Å². The number of halogens is 3. The molecule has 2 rings (SSSR count). The number of esters is 1. The summed E-state index contributed by atoms with van der Waals surface area (Å²) in [4.78, 5) is 20.6. The number of nitrogens with zero attached hydrogens (tertiary/aromatic N) is 1. The number of aromatic nitrogens is 1. The van der Waals surface area contributed by atoms with Crippen LogP contribution in [-0.4, -0.2) is 43.4 Å². The Labute approximate surface area is 162 Å². The molecule has 1 aromatic heterocycles. The monoisotopic (exact) mass is 439 g/mol. The fourth-order valence-corrected chi connectivity index (χ4v) is 2.96. The van der Waals surface area contributed by atoms with Gasteiger partial charge in [-0.3, -0.25) is 4.72 Å². The number of nitrogens with two attached hydrogens (primary N) is 1. The molecule has 29 heavy (non-hydrogen) atoms. The first kappa shape index (κ1) is 23.7. The molecule has 0 radical (unpaired) electrons. The number of hydrogen-bond acceptors (Lipinski definition) is 8. The molecule has 2 aromatic rings. The third-order valence-corrected chi connectivity index (χ3v) is 4.54. The number of carboxylic acids is 1. The second-order valence-corrected chi connectivity index (χ2v) is 6.81. The van der Waals surface area contributed by atoms with Crippen LogP contribution in [-0.2, 0) is 19.6 Å². The van der Waals surface area contributed by atoms with E-state index in [2.05, 4.69) is 14.4 Å². The van der Waals surface area contributed by atoms with Gasteiger partial charge in [-0.15, -0.1) is 0 Å². The van der Waals surface area contributed by atoms with Gasteiger partial charge in [-0.05, 0) is 26.0 Å². The highest BCUT2D eigenvalue weighted by Gasteiger charge is 2.38.